The van der Waals surface area contributed by atoms with E-state index in [2.05, 4.69) is 15.7 Å². The van der Waals surface area contributed by atoms with Gasteiger partial charge >= 0.3 is 0 Å². The Labute approximate surface area is 142 Å². The predicted octanol–water partition coefficient (Wildman–Crippen LogP) is 4.69. The topological polar surface area (TPSA) is 41.5 Å². The van der Waals surface area contributed by atoms with Crippen LogP contribution in [0.2, 0.25) is 5.02 Å². The third-order valence-electron chi connectivity index (χ3n) is 3.94. The van der Waals surface area contributed by atoms with Crippen LogP contribution in [-0.2, 0) is 17.8 Å². The maximum Gasteiger partial charge on any atom is 0.269 e. The molecule has 3 nitrogen and oxygen atoms in total. The highest BCUT2D eigenvalue weighted by Gasteiger charge is 2.19. The molecule has 1 aliphatic heterocycles. The van der Waals surface area contributed by atoms with Gasteiger partial charge in [-0.25, -0.2) is 0 Å². The van der Waals surface area contributed by atoms with Gasteiger partial charge in [0.2, 0.25) is 0 Å². The van der Waals surface area contributed by atoms with E-state index in [0.717, 1.165) is 22.2 Å². The second-order valence-corrected chi connectivity index (χ2v) is 6.80. The number of nitrogens with one attached hydrogen (secondary N) is 1. The zero-order valence-electron chi connectivity index (χ0n) is 12.2. The van der Waals surface area contributed by atoms with Crippen molar-refractivity contribution in [2.75, 3.05) is 5.32 Å². The van der Waals surface area contributed by atoms with Crippen molar-refractivity contribution in [1.29, 1.82) is 0 Å². The lowest BCUT2D eigenvalue weighted by molar-refractivity contribution is -0.110. The molecule has 5 heteroatoms. The highest BCUT2D eigenvalue weighted by Crippen LogP contribution is 2.29. The van der Waals surface area contributed by atoms with Gasteiger partial charge in [0, 0.05) is 21.8 Å². The monoisotopic (exact) mass is 340 g/mol. The Kier molecular flexibility index (Phi) is 3.63. The minimum absolute atomic E-state index is 0.128. The van der Waals surface area contributed by atoms with Gasteiger partial charge in [0.05, 0.1) is 6.54 Å². The number of carbonyl (C=O) groups excluding carboxylic acids is 1. The Balaban J connectivity index is 1.67. The summed E-state index contributed by atoms with van der Waals surface area (Å²) in [6.45, 7) is 0.521. The van der Waals surface area contributed by atoms with E-state index in [1.807, 2.05) is 42.5 Å². The van der Waals surface area contributed by atoms with Crippen LogP contribution in [0.5, 0.6) is 0 Å². The molecule has 114 valence electrons. The fourth-order valence-electron chi connectivity index (χ4n) is 2.73. The average Bonchev–Trinajstić information content (AvgIpc) is 2.86. The quantitative estimate of drug-likeness (QED) is 0.722. The van der Waals surface area contributed by atoms with Crippen LogP contribution in [0.1, 0.15) is 11.1 Å². The molecule has 0 unspecified atom stereocenters. The minimum Gasteiger partial charge on any atom is -0.321 e. The maximum atomic E-state index is 12.4. The van der Waals surface area contributed by atoms with Gasteiger partial charge in [0.25, 0.3) is 5.91 Å². The summed E-state index contributed by atoms with van der Waals surface area (Å²) in [5, 5.41) is 6.83. The first-order valence-corrected chi connectivity index (χ1v) is 8.55. The first-order valence-electron chi connectivity index (χ1n) is 7.29. The van der Waals surface area contributed by atoms with Gasteiger partial charge in [-0.05, 0) is 46.2 Å². The summed E-state index contributed by atoms with van der Waals surface area (Å²) in [6, 6.07) is 13.6. The summed E-state index contributed by atoms with van der Waals surface area (Å²) in [4.78, 5) is 17.0. The van der Waals surface area contributed by atoms with Crippen molar-refractivity contribution in [1.82, 2.24) is 0 Å². The number of halogens is 1. The molecule has 1 aliphatic rings. The van der Waals surface area contributed by atoms with Gasteiger partial charge in [-0.3, -0.25) is 9.79 Å². The molecule has 0 fully saturated rings. The van der Waals surface area contributed by atoms with Crippen molar-refractivity contribution < 1.29 is 4.79 Å². The number of nitrogens with zero attached hydrogens (tertiary/aromatic N) is 1. The smallest absolute Gasteiger partial charge is 0.269 e. The molecule has 0 saturated carbocycles. The van der Waals surface area contributed by atoms with Crippen LogP contribution in [0.4, 0.5) is 5.69 Å². The SMILES string of the molecule is O=C1Nc2ccccc2CN=C1Cc1csc2ccc(Cl)cc12. The standard InChI is InChI=1S/C18H13ClN2OS/c19-13-5-6-17-14(8-13)12(10-23-17)7-16-18(22)21-15-4-2-1-3-11(15)9-20-16/h1-6,8,10H,7,9H2,(H,21,22). The molecular weight excluding hydrogens is 328 g/mol. The summed E-state index contributed by atoms with van der Waals surface area (Å²) in [5.41, 5.74) is 3.52. The van der Waals surface area contributed by atoms with Gasteiger partial charge in [0.1, 0.15) is 5.71 Å². The molecule has 1 N–H and O–H groups in total. The largest absolute Gasteiger partial charge is 0.321 e. The summed E-state index contributed by atoms with van der Waals surface area (Å²) < 4.78 is 1.17. The van der Waals surface area contributed by atoms with E-state index in [1.54, 1.807) is 11.3 Å². The number of rotatable bonds is 2. The molecule has 3 aromatic rings. The second kappa shape index (κ2) is 5.80. The Bertz CT molecular complexity index is 945. The lowest BCUT2D eigenvalue weighted by Gasteiger charge is -2.06. The van der Waals surface area contributed by atoms with Crippen molar-refractivity contribution in [3.8, 4) is 0 Å². The van der Waals surface area contributed by atoms with Crippen molar-refractivity contribution in [2.24, 2.45) is 4.99 Å². The molecule has 2 aromatic carbocycles. The van der Waals surface area contributed by atoms with Crippen LogP contribution < -0.4 is 5.32 Å². The Hall–Kier alpha value is -2.17. The van der Waals surface area contributed by atoms with E-state index in [-0.39, 0.29) is 5.91 Å². The zero-order valence-corrected chi connectivity index (χ0v) is 13.7. The molecule has 1 aromatic heterocycles. The van der Waals surface area contributed by atoms with E-state index in [4.69, 9.17) is 11.6 Å². The number of anilines is 1. The molecule has 0 radical (unpaired) electrons. The third kappa shape index (κ3) is 2.76. The van der Waals surface area contributed by atoms with Crippen molar-refractivity contribution >= 4 is 50.3 Å². The Morgan fingerprint density at radius 1 is 1.22 bits per heavy atom. The first kappa shape index (κ1) is 14.4. The number of amides is 1. The normalized spacial score (nSPS) is 14.1. The lowest BCUT2D eigenvalue weighted by Crippen LogP contribution is -2.23. The molecule has 23 heavy (non-hydrogen) atoms. The van der Waals surface area contributed by atoms with E-state index in [9.17, 15) is 4.79 Å². The fraction of sp³-hybridized carbons (Fsp3) is 0.111. The van der Waals surface area contributed by atoms with E-state index >= 15 is 0 Å². The zero-order chi connectivity index (χ0) is 15.8. The van der Waals surface area contributed by atoms with Gasteiger partial charge in [-0.2, -0.15) is 0 Å². The highest BCUT2D eigenvalue weighted by atomic mass is 35.5. The molecule has 0 spiro atoms. The summed E-state index contributed by atoms with van der Waals surface area (Å²) >= 11 is 7.76. The van der Waals surface area contributed by atoms with Crippen LogP contribution >= 0.6 is 22.9 Å². The number of para-hydroxylation sites is 1. The summed E-state index contributed by atoms with van der Waals surface area (Å²) in [7, 11) is 0. The van der Waals surface area contributed by atoms with Gasteiger partial charge in [0.15, 0.2) is 0 Å². The lowest BCUT2D eigenvalue weighted by atomic mass is 10.1. The van der Waals surface area contributed by atoms with Crippen molar-refractivity contribution in [2.45, 2.75) is 13.0 Å². The van der Waals surface area contributed by atoms with Crippen LogP contribution in [0.3, 0.4) is 0 Å². The molecule has 0 aliphatic carbocycles. The second-order valence-electron chi connectivity index (χ2n) is 5.45. The van der Waals surface area contributed by atoms with E-state index < -0.39 is 0 Å². The Morgan fingerprint density at radius 2 is 2.09 bits per heavy atom. The van der Waals surface area contributed by atoms with Crippen LogP contribution in [0.15, 0.2) is 52.8 Å². The van der Waals surface area contributed by atoms with Crippen LogP contribution in [-0.4, -0.2) is 11.6 Å². The van der Waals surface area contributed by atoms with Crippen LogP contribution in [0.25, 0.3) is 10.1 Å². The maximum absolute atomic E-state index is 12.4. The van der Waals surface area contributed by atoms with Gasteiger partial charge in [-0.15, -0.1) is 11.3 Å². The number of carbonyl (C=O) groups is 1. The molecule has 1 amide bonds. The molecule has 4 rings (SSSR count). The number of hydrogen-bond donors (Lipinski definition) is 1. The van der Waals surface area contributed by atoms with Gasteiger partial charge < -0.3 is 5.32 Å². The molecule has 0 atom stereocenters. The number of thiophene rings is 1. The first-order chi connectivity index (χ1) is 11.2. The van der Waals surface area contributed by atoms with Gasteiger partial charge in [-0.1, -0.05) is 29.8 Å². The summed E-state index contributed by atoms with van der Waals surface area (Å²) in [5.74, 6) is -0.128. The van der Waals surface area contributed by atoms with Crippen molar-refractivity contribution in [3.05, 3.63) is 64.0 Å². The van der Waals surface area contributed by atoms with E-state index in [1.165, 1.54) is 4.70 Å². The number of hydrogen-bond acceptors (Lipinski definition) is 3. The minimum atomic E-state index is -0.128. The fourth-order valence-corrected chi connectivity index (χ4v) is 3.85. The van der Waals surface area contributed by atoms with E-state index in [0.29, 0.717) is 23.7 Å². The summed E-state index contributed by atoms with van der Waals surface area (Å²) in [6.07, 6.45) is 0.514. The Morgan fingerprint density at radius 3 is 3.00 bits per heavy atom. The van der Waals surface area contributed by atoms with Crippen LogP contribution in [0, 0.1) is 0 Å². The average molecular weight is 341 g/mol. The molecule has 0 bridgehead atoms. The number of fused-ring (bicyclic) bond motifs is 2. The third-order valence-corrected chi connectivity index (χ3v) is 5.19. The number of aliphatic imine (C=N–C) groups is 1. The highest BCUT2D eigenvalue weighted by molar-refractivity contribution is 7.17. The molecule has 2 heterocycles. The molecular formula is C18H13ClN2OS. The van der Waals surface area contributed by atoms with Crippen molar-refractivity contribution in [3.63, 3.8) is 0 Å². The predicted molar refractivity (Wildman–Crippen MR) is 96.7 cm³/mol. The molecule has 0 saturated heterocycles. The number of benzene rings is 2.